The summed E-state index contributed by atoms with van der Waals surface area (Å²) >= 11 is 5.81. The fraction of sp³-hybridized carbons (Fsp3) is 0.160. The number of hydrazone groups is 1. The monoisotopic (exact) mass is 481 g/mol. The molecule has 3 rings (SSSR count). The van der Waals surface area contributed by atoms with E-state index in [0.717, 1.165) is 11.3 Å². The Morgan fingerprint density at radius 3 is 2.41 bits per heavy atom. The lowest BCUT2D eigenvalue weighted by molar-refractivity contribution is -0.123. The molecule has 8 nitrogen and oxygen atoms in total. The third kappa shape index (κ3) is 7.53. The highest BCUT2D eigenvalue weighted by Gasteiger charge is 2.10. The number of ether oxygens (including phenoxy) is 3. The van der Waals surface area contributed by atoms with Crippen molar-refractivity contribution in [2.45, 2.75) is 6.92 Å². The van der Waals surface area contributed by atoms with E-state index in [1.165, 1.54) is 13.3 Å². The van der Waals surface area contributed by atoms with Crippen LogP contribution >= 0.6 is 11.6 Å². The lowest BCUT2D eigenvalue weighted by atomic mass is 10.2. The summed E-state index contributed by atoms with van der Waals surface area (Å²) in [6.07, 6.45) is 1.46. The molecule has 0 saturated heterocycles. The number of hydrogen-bond donors (Lipinski definition) is 2. The molecular weight excluding hydrogens is 458 g/mol. The van der Waals surface area contributed by atoms with E-state index >= 15 is 0 Å². The van der Waals surface area contributed by atoms with E-state index in [2.05, 4.69) is 15.8 Å². The van der Waals surface area contributed by atoms with Crippen molar-refractivity contribution >= 4 is 35.3 Å². The van der Waals surface area contributed by atoms with Gasteiger partial charge in [-0.05, 0) is 66.6 Å². The molecule has 176 valence electrons. The number of methoxy groups -OCH3 is 1. The Kier molecular flexibility index (Phi) is 8.88. The SMILES string of the molecule is COc1cc(/C=N\NC(=O)COc2ccc(Cl)cc2)ccc1OCC(=O)Nc1ccccc1C. The Hall–Kier alpha value is -4.04. The Morgan fingerprint density at radius 2 is 1.68 bits per heavy atom. The zero-order chi connectivity index (χ0) is 24.3. The molecule has 0 atom stereocenters. The van der Waals surface area contributed by atoms with Gasteiger partial charge in [-0.25, -0.2) is 5.43 Å². The minimum atomic E-state index is -0.419. The number of nitrogens with one attached hydrogen (secondary N) is 2. The van der Waals surface area contributed by atoms with Gasteiger partial charge < -0.3 is 19.5 Å². The first-order chi connectivity index (χ1) is 16.4. The van der Waals surface area contributed by atoms with Gasteiger partial charge in [0.25, 0.3) is 11.8 Å². The molecule has 0 heterocycles. The highest BCUT2D eigenvalue weighted by molar-refractivity contribution is 6.30. The molecule has 0 unspecified atom stereocenters. The zero-order valence-electron chi connectivity index (χ0n) is 18.7. The lowest BCUT2D eigenvalue weighted by Crippen LogP contribution is -2.24. The van der Waals surface area contributed by atoms with Crippen molar-refractivity contribution in [3.8, 4) is 17.2 Å². The van der Waals surface area contributed by atoms with Crippen LogP contribution in [0, 0.1) is 6.92 Å². The molecule has 0 fully saturated rings. The van der Waals surface area contributed by atoms with Crippen LogP contribution in [0.4, 0.5) is 5.69 Å². The highest BCUT2D eigenvalue weighted by atomic mass is 35.5. The maximum Gasteiger partial charge on any atom is 0.277 e. The fourth-order valence-corrected chi connectivity index (χ4v) is 2.94. The van der Waals surface area contributed by atoms with Gasteiger partial charge in [0.05, 0.1) is 13.3 Å². The summed E-state index contributed by atoms with van der Waals surface area (Å²) in [4.78, 5) is 24.1. The summed E-state index contributed by atoms with van der Waals surface area (Å²) in [6.45, 7) is 1.54. The second-order valence-corrected chi connectivity index (χ2v) is 7.53. The van der Waals surface area contributed by atoms with E-state index in [0.29, 0.717) is 27.8 Å². The van der Waals surface area contributed by atoms with Gasteiger partial charge in [0.2, 0.25) is 0 Å². The molecule has 2 amide bonds. The van der Waals surface area contributed by atoms with Crippen LogP contribution in [0.5, 0.6) is 17.2 Å². The van der Waals surface area contributed by atoms with Gasteiger partial charge in [0.15, 0.2) is 24.7 Å². The van der Waals surface area contributed by atoms with Crippen LogP contribution in [0.3, 0.4) is 0 Å². The molecule has 0 saturated carbocycles. The van der Waals surface area contributed by atoms with Crippen LogP contribution in [-0.4, -0.2) is 38.4 Å². The van der Waals surface area contributed by atoms with E-state index in [1.807, 2.05) is 31.2 Å². The van der Waals surface area contributed by atoms with E-state index in [9.17, 15) is 9.59 Å². The molecule has 34 heavy (non-hydrogen) atoms. The second-order valence-electron chi connectivity index (χ2n) is 7.10. The number of para-hydroxylation sites is 1. The number of amides is 2. The summed E-state index contributed by atoms with van der Waals surface area (Å²) in [7, 11) is 1.49. The molecule has 0 bridgehead atoms. The first-order valence-corrected chi connectivity index (χ1v) is 10.7. The van der Waals surface area contributed by atoms with Crippen LogP contribution in [0.25, 0.3) is 0 Å². The largest absolute Gasteiger partial charge is 0.493 e. The normalized spacial score (nSPS) is 10.6. The molecular formula is C25H24ClN3O5. The summed E-state index contributed by atoms with van der Waals surface area (Å²) in [6, 6.07) is 19.2. The number of rotatable bonds is 10. The Balaban J connectivity index is 1.49. The number of benzene rings is 3. The maximum atomic E-state index is 12.2. The number of nitrogens with zero attached hydrogens (tertiary/aromatic N) is 1. The highest BCUT2D eigenvalue weighted by Crippen LogP contribution is 2.27. The van der Waals surface area contributed by atoms with Gasteiger partial charge >= 0.3 is 0 Å². The Morgan fingerprint density at radius 1 is 0.941 bits per heavy atom. The topological polar surface area (TPSA) is 98.2 Å². The summed E-state index contributed by atoms with van der Waals surface area (Å²) in [5.74, 6) is 0.643. The minimum Gasteiger partial charge on any atom is -0.493 e. The van der Waals surface area contributed by atoms with E-state index in [-0.39, 0.29) is 19.1 Å². The van der Waals surface area contributed by atoms with E-state index < -0.39 is 5.91 Å². The molecule has 0 aliphatic rings. The number of aryl methyl sites for hydroxylation is 1. The van der Waals surface area contributed by atoms with Crippen molar-refractivity contribution in [2.75, 3.05) is 25.6 Å². The van der Waals surface area contributed by atoms with Gasteiger partial charge in [-0.2, -0.15) is 5.10 Å². The van der Waals surface area contributed by atoms with Crippen LogP contribution in [0.2, 0.25) is 5.02 Å². The standard InChI is InChI=1S/C25H24ClN3O5/c1-17-5-3-4-6-21(17)28-24(30)15-34-22-12-7-18(13-23(22)32-2)14-27-29-25(31)16-33-20-10-8-19(26)9-11-20/h3-14H,15-16H2,1-2H3,(H,28,30)(H,29,31)/b27-14-. The first kappa shape index (κ1) is 24.6. The predicted molar refractivity (Wildman–Crippen MR) is 131 cm³/mol. The summed E-state index contributed by atoms with van der Waals surface area (Å²) in [5.41, 5.74) is 4.74. The molecule has 0 radical (unpaired) electrons. The number of halogens is 1. The van der Waals surface area contributed by atoms with E-state index in [4.69, 9.17) is 25.8 Å². The molecule has 0 aliphatic carbocycles. The minimum absolute atomic E-state index is 0.179. The third-order valence-electron chi connectivity index (χ3n) is 4.55. The van der Waals surface area contributed by atoms with Gasteiger partial charge in [0, 0.05) is 10.7 Å². The van der Waals surface area contributed by atoms with Crippen LogP contribution in [0.1, 0.15) is 11.1 Å². The molecule has 0 spiro atoms. The molecule has 9 heteroatoms. The van der Waals surface area contributed by atoms with Crippen LogP contribution in [0.15, 0.2) is 71.8 Å². The molecule has 3 aromatic rings. The zero-order valence-corrected chi connectivity index (χ0v) is 19.5. The van der Waals surface area contributed by atoms with Gasteiger partial charge in [-0.15, -0.1) is 0 Å². The molecule has 0 aromatic heterocycles. The summed E-state index contributed by atoms with van der Waals surface area (Å²) in [5, 5.41) is 7.31. The van der Waals surface area contributed by atoms with E-state index in [1.54, 1.807) is 42.5 Å². The molecule has 3 aromatic carbocycles. The predicted octanol–water partition coefficient (Wildman–Crippen LogP) is 4.20. The lowest BCUT2D eigenvalue weighted by Gasteiger charge is -2.12. The number of carbonyl (C=O) groups excluding carboxylic acids is 2. The Labute approximate surface area is 202 Å². The van der Waals surface area contributed by atoms with Crippen molar-refractivity contribution in [3.63, 3.8) is 0 Å². The first-order valence-electron chi connectivity index (χ1n) is 10.3. The van der Waals surface area contributed by atoms with Crippen molar-refractivity contribution in [2.24, 2.45) is 5.10 Å². The molecule has 2 N–H and O–H groups in total. The average Bonchev–Trinajstić information content (AvgIpc) is 2.84. The van der Waals surface area contributed by atoms with Gasteiger partial charge in [-0.1, -0.05) is 29.8 Å². The quantitative estimate of drug-likeness (QED) is 0.334. The number of hydrogen-bond acceptors (Lipinski definition) is 6. The van der Waals surface area contributed by atoms with Gasteiger partial charge in [0.1, 0.15) is 5.75 Å². The second kappa shape index (κ2) is 12.3. The number of anilines is 1. The van der Waals surface area contributed by atoms with Crippen molar-refractivity contribution in [3.05, 3.63) is 82.9 Å². The Bertz CT molecular complexity index is 1170. The van der Waals surface area contributed by atoms with Crippen molar-refractivity contribution in [1.82, 2.24) is 5.43 Å². The summed E-state index contributed by atoms with van der Waals surface area (Å²) < 4.78 is 16.3. The molecule has 0 aliphatic heterocycles. The van der Waals surface area contributed by atoms with Gasteiger partial charge in [-0.3, -0.25) is 9.59 Å². The van der Waals surface area contributed by atoms with Crippen LogP contribution in [-0.2, 0) is 9.59 Å². The van der Waals surface area contributed by atoms with Crippen LogP contribution < -0.4 is 25.0 Å². The fourth-order valence-electron chi connectivity index (χ4n) is 2.82. The smallest absolute Gasteiger partial charge is 0.277 e. The average molecular weight is 482 g/mol. The van der Waals surface area contributed by atoms with Crippen molar-refractivity contribution in [1.29, 1.82) is 0 Å². The van der Waals surface area contributed by atoms with Crippen molar-refractivity contribution < 1.29 is 23.8 Å². The number of carbonyl (C=O) groups is 2. The maximum absolute atomic E-state index is 12.2. The third-order valence-corrected chi connectivity index (χ3v) is 4.80.